The molecule has 0 heterocycles. The molecule has 0 amide bonds. The normalized spacial score (nSPS) is 11.1. The molecule has 0 rings (SSSR count). The van der Waals surface area contributed by atoms with Gasteiger partial charge in [0, 0.05) is 12.0 Å². The van der Waals surface area contributed by atoms with Crippen molar-refractivity contribution in [1.29, 1.82) is 0 Å². The molecule has 0 atom stereocenters. The van der Waals surface area contributed by atoms with Gasteiger partial charge in [0.1, 0.15) is 0 Å². The van der Waals surface area contributed by atoms with E-state index in [2.05, 4.69) is 6.58 Å². The summed E-state index contributed by atoms with van der Waals surface area (Å²) >= 11 is 0. The maximum atomic E-state index is 11.0. The molecule has 0 bridgehead atoms. The Hall–Kier alpha value is -0.870. The van der Waals surface area contributed by atoms with Crippen LogP contribution in [0.3, 0.4) is 0 Å². The van der Waals surface area contributed by atoms with E-state index >= 15 is 0 Å². The van der Waals surface area contributed by atoms with Crippen molar-refractivity contribution < 1.29 is 14.3 Å². The highest BCUT2D eigenvalue weighted by Crippen LogP contribution is 2.13. The number of esters is 1. The lowest BCUT2D eigenvalue weighted by Gasteiger charge is -2.23. The van der Waals surface area contributed by atoms with Crippen molar-refractivity contribution in [3.05, 3.63) is 12.2 Å². The molecular weight excluding hydrogens is 182 g/mol. The van der Waals surface area contributed by atoms with Crippen molar-refractivity contribution in [2.24, 2.45) is 5.73 Å². The Labute approximate surface area is 85.1 Å². The van der Waals surface area contributed by atoms with Crippen molar-refractivity contribution in [2.45, 2.75) is 32.8 Å². The van der Waals surface area contributed by atoms with Gasteiger partial charge in [-0.2, -0.15) is 0 Å². The van der Waals surface area contributed by atoms with Gasteiger partial charge in [-0.1, -0.05) is 6.58 Å². The van der Waals surface area contributed by atoms with E-state index in [1.165, 1.54) is 0 Å². The van der Waals surface area contributed by atoms with Crippen molar-refractivity contribution >= 4 is 5.97 Å². The molecule has 0 saturated heterocycles. The number of rotatable bonds is 6. The Bertz CT molecular complexity index is 211. The van der Waals surface area contributed by atoms with Gasteiger partial charge < -0.3 is 15.2 Å². The minimum Gasteiger partial charge on any atom is -0.462 e. The molecule has 0 radical (unpaired) electrons. The predicted molar refractivity (Wildman–Crippen MR) is 54.6 cm³/mol. The van der Waals surface area contributed by atoms with E-state index in [0.717, 1.165) is 0 Å². The van der Waals surface area contributed by atoms with Crippen molar-refractivity contribution in [3.8, 4) is 0 Å². The lowest BCUT2D eigenvalue weighted by molar-refractivity contribution is -0.140. The van der Waals surface area contributed by atoms with Crippen LogP contribution in [-0.4, -0.2) is 24.9 Å². The van der Waals surface area contributed by atoms with E-state index < -0.39 is 0 Å². The molecule has 4 heteroatoms. The zero-order chi connectivity index (χ0) is 11.2. The number of carbonyl (C=O) groups is 1. The summed E-state index contributed by atoms with van der Waals surface area (Å²) in [7, 11) is 0. The molecule has 4 nitrogen and oxygen atoms in total. The first-order chi connectivity index (χ1) is 6.39. The van der Waals surface area contributed by atoms with Gasteiger partial charge >= 0.3 is 5.97 Å². The summed E-state index contributed by atoms with van der Waals surface area (Å²) in [5.41, 5.74) is 5.30. The van der Waals surface area contributed by atoms with Crippen molar-refractivity contribution in [1.82, 2.24) is 0 Å². The van der Waals surface area contributed by atoms with Gasteiger partial charge in [0.15, 0.2) is 0 Å². The van der Waals surface area contributed by atoms with Crippen LogP contribution in [0.15, 0.2) is 12.2 Å². The molecule has 0 spiro atoms. The first-order valence-electron chi connectivity index (χ1n) is 4.56. The summed E-state index contributed by atoms with van der Waals surface area (Å²) in [5.74, 6) is -0.367. The first-order valence-corrected chi connectivity index (χ1v) is 4.56. The Morgan fingerprint density at radius 3 is 2.50 bits per heavy atom. The summed E-state index contributed by atoms with van der Waals surface area (Å²) < 4.78 is 10.2. The smallest absolute Gasteiger partial charge is 0.333 e. The average Bonchev–Trinajstić information content (AvgIpc) is 2.03. The second-order valence-electron chi connectivity index (χ2n) is 3.74. The van der Waals surface area contributed by atoms with E-state index in [1.807, 2.05) is 13.8 Å². The minimum atomic E-state index is -0.367. The van der Waals surface area contributed by atoms with E-state index in [4.69, 9.17) is 15.2 Å². The van der Waals surface area contributed by atoms with Crippen LogP contribution in [0.25, 0.3) is 0 Å². The Kier molecular flexibility index (Phi) is 5.42. The molecule has 0 aromatic heterocycles. The van der Waals surface area contributed by atoms with Crippen LogP contribution in [-0.2, 0) is 14.3 Å². The lowest BCUT2D eigenvalue weighted by atomic mass is 10.1. The Morgan fingerprint density at radius 2 is 2.07 bits per heavy atom. The molecule has 82 valence electrons. The fraction of sp³-hybridized carbons (Fsp3) is 0.700. The van der Waals surface area contributed by atoms with Crippen molar-refractivity contribution in [2.75, 3.05) is 13.3 Å². The van der Waals surface area contributed by atoms with Crippen LogP contribution >= 0.6 is 0 Å². The Morgan fingerprint density at radius 1 is 1.50 bits per heavy atom. The molecule has 0 saturated carbocycles. The van der Waals surface area contributed by atoms with Crippen LogP contribution in [0.1, 0.15) is 27.2 Å². The monoisotopic (exact) mass is 201 g/mol. The minimum absolute atomic E-state index is 0.168. The van der Waals surface area contributed by atoms with Gasteiger partial charge in [-0.3, -0.25) is 0 Å². The summed E-state index contributed by atoms with van der Waals surface area (Å²) in [6.45, 7) is 9.38. The second-order valence-corrected chi connectivity index (χ2v) is 3.74. The van der Waals surface area contributed by atoms with Gasteiger partial charge in [0.25, 0.3) is 0 Å². The molecule has 0 unspecified atom stereocenters. The van der Waals surface area contributed by atoms with Crippen LogP contribution < -0.4 is 5.73 Å². The summed E-state index contributed by atoms with van der Waals surface area (Å²) in [4.78, 5) is 11.0. The highest BCUT2D eigenvalue weighted by atomic mass is 16.5. The van der Waals surface area contributed by atoms with E-state index in [-0.39, 0.29) is 18.3 Å². The molecule has 0 aliphatic rings. The summed E-state index contributed by atoms with van der Waals surface area (Å²) in [6.07, 6.45) is 0.614. The van der Waals surface area contributed by atoms with E-state index in [0.29, 0.717) is 18.6 Å². The van der Waals surface area contributed by atoms with E-state index in [9.17, 15) is 4.79 Å². The third-order valence-corrected chi connectivity index (χ3v) is 1.76. The van der Waals surface area contributed by atoms with Gasteiger partial charge in [0.05, 0.1) is 18.9 Å². The number of hydrogen-bond donors (Lipinski definition) is 1. The van der Waals surface area contributed by atoms with Crippen LogP contribution in [0, 0.1) is 0 Å². The quantitative estimate of drug-likeness (QED) is 0.398. The maximum absolute atomic E-state index is 11.0. The van der Waals surface area contributed by atoms with Crippen LogP contribution in [0.2, 0.25) is 0 Å². The van der Waals surface area contributed by atoms with Gasteiger partial charge in [-0.15, -0.1) is 0 Å². The fourth-order valence-electron chi connectivity index (χ4n) is 0.810. The fourth-order valence-corrected chi connectivity index (χ4v) is 0.810. The topological polar surface area (TPSA) is 61.5 Å². The summed E-state index contributed by atoms with van der Waals surface area (Å²) in [6, 6.07) is 0. The van der Waals surface area contributed by atoms with E-state index in [1.54, 1.807) is 6.92 Å². The molecule has 0 fully saturated rings. The highest BCUT2D eigenvalue weighted by molar-refractivity contribution is 5.86. The van der Waals surface area contributed by atoms with Crippen LogP contribution in [0.4, 0.5) is 0 Å². The lowest BCUT2D eigenvalue weighted by Crippen LogP contribution is -2.29. The van der Waals surface area contributed by atoms with Crippen molar-refractivity contribution in [3.63, 3.8) is 0 Å². The van der Waals surface area contributed by atoms with Gasteiger partial charge in [0.2, 0.25) is 0 Å². The molecule has 0 aliphatic heterocycles. The molecule has 0 aromatic carbocycles. The standard InChI is InChI=1S/C10H19NO3/c1-8(2)9(12)13-6-5-10(3,4)14-7-11/h1,5-7,11H2,2-4H3. The third kappa shape index (κ3) is 5.72. The molecule has 0 aromatic rings. The molecular formula is C10H19NO3. The SMILES string of the molecule is C=C(C)C(=O)OCCC(C)(C)OCN. The highest BCUT2D eigenvalue weighted by Gasteiger charge is 2.18. The van der Waals surface area contributed by atoms with Gasteiger partial charge in [-0.25, -0.2) is 4.79 Å². The third-order valence-electron chi connectivity index (χ3n) is 1.76. The first kappa shape index (κ1) is 13.1. The Balaban J connectivity index is 3.73. The number of hydrogen-bond acceptors (Lipinski definition) is 4. The average molecular weight is 201 g/mol. The number of nitrogens with two attached hydrogens (primary N) is 1. The second kappa shape index (κ2) is 5.78. The predicted octanol–water partition coefficient (Wildman–Crippen LogP) is 1.21. The molecule has 2 N–H and O–H groups in total. The summed E-state index contributed by atoms with van der Waals surface area (Å²) in [5, 5.41) is 0. The maximum Gasteiger partial charge on any atom is 0.333 e. The largest absolute Gasteiger partial charge is 0.462 e. The zero-order valence-electron chi connectivity index (χ0n) is 9.13. The molecule has 0 aliphatic carbocycles. The zero-order valence-corrected chi connectivity index (χ0v) is 9.13. The van der Waals surface area contributed by atoms with Gasteiger partial charge in [-0.05, 0) is 20.8 Å². The number of ether oxygens (including phenoxy) is 2. The van der Waals surface area contributed by atoms with Crippen LogP contribution in [0.5, 0.6) is 0 Å². The number of carbonyl (C=O) groups excluding carboxylic acids is 1. The molecule has 14 heavy (non-hydrogen) atoms.